The van der Waals surface area contributed by atoms with E-state index >= 15 is 0 Å². The van der Waals surface area contributed by atoms with Crippen molar-refractivity contribution in [3.05, 3.63) is 41.3 Å². The molecule has 26 heavy (non-hydrogen) atoms. The second kappa shape index (κ2) is 8.35. The zero-order chi connectivity index (χ0) is 17.8. The molecule has 3 heterocycles. The van der Waals surface area contributed by atoms with Crippen molar-refractivity contribution in [1.82, 2.24) is 19.9 Å². The van der Waals surface area contributed by atoms with Crippen LogP contribution in [0.3, 0.4) is 0 Å². The average molecular weight is 371 g/mol. The molecule has 1 aliphatic heterocycles. The first kappa shape index (κ1) is 17.7. The Morgan fingerprint density at radius 1 is 1.15 bits per heavy atom. The standard InChI is InChI=1S/C20H26N4OS/c1-26-20-22-12-16-14-24(10-9-18(16)23-20)13-15-7-8-19(21-11-15)25-17-5-3-2-4-6-17/h7-8,11-12,17H,2-6,9-10,13-14H2,1H3. The Morgan fingerprint density at radius 2 is 2.04 bits per heavy atom. The Balaban J connectivity index is 1.34. The number of pyridine rings is 1. The van der Waals surface area contributed by atoms with Crippen molar-refractivity contribution < 1.29 is 4.74 Å². The van der Waals surface area contributed by atoms with E-state index in [0.717, 1.165) is 49.9 Å². The highest BCUT2D eigenvalue weighted by Gasteiger charge is 2.19. The summed E-state index contributed by atoms with van der Waals surface area (Å²) in [4.78, 5) is 16.0. The van der Waals surface area contributed by atoms with Crippen LogP contribution in [0.2, 0.25) is 0 Å². The number of rotatable bonds is 5. The minimum atomic E-state index is 0.354. The Bertz CT molecular complexity index is 731. The zero-order valence-electron chi connectivity index (χ0n) is 15.4. The summed E-state index contributed by atoms with van der Waals surface area (Å²) in [7, 11) is 0. The lowest BCUT2D eigenvalue weighted by Gasteiger charge is -2.28. The summed E-state index contributed by atoms with van der Waals surface area (Å²) >= 11 is 1.60. The minimum Gasteiger partial charge on any atom is -0.474 e. The molecule has 2 aliphatic rings. The molecule has 2 aromatic heterocycles. The van der Waals surface area contributed by atoms with Gasteiger partial charge < -0.3 is 4.74 Å². The van der Waals surface area contributed by atoms with E-state index in [1.54, 1.807) is 11.8 Å². The van der Waals surface area contributed by atoms with Crippen LogP contribution in [0.5, 0.6) is 5.88 Å². The van der Waals surface area contributed by atoms with Gasteiger partial charge in [0, 0.05) is 50.1 Å². The first-order valence-electron chi connectivity index (χ1n) is 9.53. The van der Waals surface area contributed by atoms with Gasteiger partial charge in [-0.3, -0.25) is 4.90 Å². The SMILES string of the molecule is CSc1ncc2c(n1)CCN(Cc1ccc(OC3CCCCC3)nc1)C2. The average Bonchev–Trinajstić information content (AvgIpc) is 2.70. The summed E-state index contributed by atoms with van der Waals surface area (Å²) < 4.78 is 6.03. The Hall–Kier alpha value is -1.66. The van der Waals surface area contributed by atoms with E-state index in [9.17, 15) is 0 Å². The summed E-state index contributed by atoms with van der Waals surface area (Å²) in [5.74, 6) is 0.766. The molecule has 138 valence electrons. The van der Waals surface area contributed by atoms with Gasteiger partial charge in [-0.15, -0.1) is 0 Å². The van der Waals surface area contributed by atoms with Crippen LogP contribution in [0.1, 0.15) is 48.9 Å². The van der Waals surface area contributed by atoms with E-state index in [1.165, 1.54) is 36.1 Å². The number of nitrogens with zero attached hydrogens (tertiary/aromatic N) is 4. The lowest BCUT2D eigenvalue weighted by atomic mass is 9.98. The van der Waals surface area contributed by atoms with E-state index < -0.39 is 0 Å². The Morgan fingerprint density at radius 3 is 2.81 bits per heavy atom. The van der Waals surface area contributed by atoms with Crippen molar-refractivity contribution in [2.45, 2.75) is 62.9 Å². The van der Waals surface area contributed by atoms with E-state index in [0.29, 0.717) is 6.10 Å². The predicted molar refractivity (Wildman–Crippen MR) is 103 cm³/mol. The minimum absolute atomic E-state index is 0.354. The van der Waals surface area contributed by atoms with E-state index in [2.05, 4.69) is 25.9 Å². The Kier molecular flexibility index (Phi) is 5.70. The molecular formula is C20H26N4OS. The van der Waals surface area contributed by atoms with Crippen molar-refractivity contribution in [3.63, 3.8) is 0 Å². The largest absolute Gasteiger partial charge is 0.474 e. The third kappa shape index (κ3) is 4.35. The molecule has 1 saturated carbocycles. The fraction of sp³-hybridized carbons (Fsp3) is 0.550. The molecule has 0 N–H and O–H groups in total. The van der Waals surface area contributed by atoms with Gasteiger partial charge in [0.15, 0.2) is 5.16 Å². The molecule has 1 fully saturated rings. The highest BCUT2D eigenvalue weighted by molar-refractivity contribution is 7.98. The van der Waals surface area contributed by atoms with Gasteiger partial charge >= 0.3 is 0 Å². The first-order chi connectivity index (χ1) is 12.8. The van der Waals surface area contributed by atoms with Crippen molar-refractivity contribution in [3.8, 4) is 5.88 Å². The summed E-state index contributed by atoms with van der Waals surface area (Å²) in [6, 6.07) is 4.17. The number of ether oxygens (including phenoxy) is 1. The van der Waals surface area contributed by atoms with Gasteiger partial charge in [0.2, 0.25) is 5.88 Å². The maximum atomic E-state index is 6.03. The summed E-state index contributed by atoms with van der Waals surface area (Å²) in [5.41, 5.74) is 3.68. The van der Waals surface area contributed by atoms with Gasteiger partial charge in [-0.2, -0.15) is 0 Å². The van der Waals surface area contributed by atoms with Crippen molar-refractivity contribution >= 4 is 11.8 Å². The van der Waals surface area contributed by atoms with Crippen LogP contribution < -0.4 is 4.74 Å². The maximum absolute atomic E-state index is 6.03. The third-order valence-corrected chi connectivity index (χ3v) is 5.78. The van der Waals surface area contributed by atoms with Gasteiger partial charge in [-0.25, -0.2) is 15.0 Å². The topological polar surface area (TPSA) is 51.1 Å². The number of thioether (sulfide) groups is 1. The van der Waals surface area contributed by atoms with E-state index in [-0.39, 0.29) is 0 Å². The van der Waals surface area contributed by atoms with Gasteiger partial charge in [-0.05, 0) is 37.5 Å². The molecule has 0 atom stereocenters. The summed E-state index contributed by atoms with van der Waals surface area (Å²) in [6.45, 7) is 2.84. The van der Waals surface area contributed by atoms with Crippen LogP contribution in [0.25, 0.3) is 0 Å². The molecule has 1 aliphatic carbocycles. The molecule has 6 heteroatoms. The highest BCUT2D eigenvalue weighted by Crippen LogP contribution is 2.23. The fourth-order valence-electron chi connectivity index (χ4n) is 3.78. The fourth-order valence-corrected chi connectivity index (χ4v) is 4.14. The smallest absolute Gasteiger partial charge is 0.213 e. The quantitative estimate of drug-likeness (QED) is 0.588. The van der Waals surface area contributed by atoms with Crippen LogP contribution in [-0.4, -0.2) is 38.8 Å². The lowest BCUT2D eigenvalue weighted by molar-refractivity contribution is 0.148. The van der Waals surface area contributed by atoms with Gasteiger partial charge in [0.1, 0.15) is 6.10 Å². The van der Waals surface area contributed by atoms with Crippen LogP contribution >= 0.6 is 11.8 Å². The lowest BCUT2D eigenvalue weighted by Crippen LogP contribution is -2.31. The number of fused-ring (bicyclic) bond motifs is 1. The molecule has 0 spiro atoms. The second-order valence-electron chi connectivity index (χ2n) is 7.17. The number of hydrogen-bond donors (Lipinski definition) is 0. The molecule has 0 aromatic carbocycles. The normalized spacial score (nSPS) is 18.5. The number of aromatic nitrogens is 3. The molecule has 0 saturated heterocycles. The van der Waals surface area contributed by atoms with E-state index in [1.807, 2.05) is 24.7 Å². The zero-order valence-corrected chi connectivity index (χ0v) is 16.2. The van der Waals surface area contributed by atoms with Crippen molar-refractivity contribution in [2.75, 3.05) is 12.8 Å². The third-order valence-electron chi connectivity index (χ3n) is 5.22. The van der Waals surface area contributed by atoms with Gasteiger partial charge in [-0.1, -0.05) is 24.2 Å². The number of hydrogen-bond acceptors (Lipinski definition) is 6. The Labute approximate surface area is 159 Å². The molecular weight excluding hydrogens is 344 g/mol. The van der Waals surface area contributed by atoms with Crippen LogP contribution in [0.15, 0.2) is 29.7 Å². The molecule has 0 bridgehead atoms. The molecule has 0 unspecified atom stereocenters. The van der Waals surface area contributed by atoms with Crippen LogP contribution in [0, 0.1) is 0 Å². The molecule has 0 radical (unpaired) electrons. The molecule has 2 aromatic rings. The van der Waals surface area contributed by atoms with Gasteiger partial charge in [0.25, 0.3) is 0 Å². The molecule has 0 amide bonds. The second-order valence-corrected chi connectivity index (χ2v) is 7.95. The predicted octanol–water partition coefficient (Wildman–Crippen LogP) is 3.86. The highest BCUT2D eigenvalue weighted by atomic mass is 32.2. The summed E-state index contributed by atoms with van der Waals surface area (Å²) in [6.07, 6.45) is 13.5. The van der Waals surface area contributed by atoms with Crippen LogP contribution in [0.4, 0.5) is 0 Å². The molecule has 5 nitrogen and oxygen atoms in total. The monoisotopic (exact) mass is 370 g/mol. The van der Waals surface area contributed by atoms with Gasteiger partial charge in [0.05, 0.1) is 5.69 Å². The first-order valence-corrected chi connectivity index (χ1v) is 10.8. The van der Waals surface area contributed by atoms with Crippen molar-refractivity contribution in [2.24, 2.45) is 0 Å². The maximum Gasteiger partial charge on any atom is 0.213 e. The van der Waals surface area contributed by atoms with Crippen molar-refractivity contribution in [1.29, 1.82) is 0 Å². The van der Waals surface area contributed by atoms with Crippen LogP contribution in [-0.2, 0) is 19.5 Å². The van der Waals surface area contributed by atoms with E-state index in [4.69, 9.17) is 4.74 Å². The molecule has 4 rings (SSSR count). The summed E-state index contributed by atoms with van der Waals surface area (Å²) in [5, 5.41) is 0.870.